The van der Waals surface area contributed by atoms with Crippen LogP contribution in [-0.4, -0.2) is 72.4 Å². The van der Waals surface area contributed by atoms with E-state index < -0.39 is 18.5 Å². The van der Waals surface area contributed by atoms with Gasteiger partial charge in [-0.2, -0.15) is 5.10 Å². The number of carbonyl (C=O) groups excluding carboxylic acids is 3. The van der Waals surface area contributed by atoms with Crippen molar-refractivity contribution < 1.29 is 28.6 Å². The summed E-state index contributed by atoms with van der Waals surface area (Å²) in [5.74, 6) is 0.755. The Morgan fingerprint density at radius 1 is 1.18 bits per heavy atom. The maximum atomic E-state index is 13.0. The first kappa shape index (κ1) is 23.1. The van der Waals surface area contributed by atoms with Crippen LogP contribution in [0, 0.1) is 0 Å². The molecule has 1 fully saturated rings. The number of benzene rings is 1. The predicted octanol–water partition coefficient (Wildman–Crippen LogP) is 2.52. The van der Waals surface area contributed by atoms with Crippen LogP contribution in [0.2, 0.25) is 0 Å². The topological polar surface area (TPSA) is 97.7 Å². The summed E-state index contributed by atoms with van der Waals surface area (Å²) in [4.78, 5) is 39.3. The maximum Gasteiger partial charge on any atom is 0.326 e. The van der Waals surface area contributed by atoms with Crippen molar-refractivity contribution in [2.75, 3.05) is 39.0 Å². The first-order chi connectivity index (χ1) is 16.0. The number of hydrogen-bond acceptors (Lipinski definition) is 9. The van der Waals surface area contributed by atoms with Gasteiger partial charge in [-0.25, -0.2) is 5.01 Å². The summed E-state index contributed by atoms with van der Waals surface area (Å²) in [5.41, 5.74) is 1.60. The van der Waals surface area contributed by atoms with Gasteiger partial charge in [-0.1, -0.05) is 12.1 Å². The lowest BCUT2D eigenvalue weighted by molar-refractivity contribution is -0.154. The summed E-state index contributed by atoms with van der Waals surface area (Å²) >= 11 is 2.98. The fraction of sp³-hybridized carbons (Fsp3) is 0.364. The molecule has 0 radical (unpaired) electrons. The highest BCUT2D eigenvalue weighted by Gasteiger charge is 2.34. The summed E-state index contributed by atoms with van der Waals surface area (Å²) in [7, 11) is 3.11. The van der Waals surface area contributed by atoms with Crippen LogP contribution in [0.4, 0.5) is 0 Å². The third-order valence-corrected chi connectivity index (χ3v) is 7.13. The third kappa shape index (κ3) is 5.14. The Bertz CT molecular complexity index is 1070. The van der Waals surface area contributed by atoms with E-state index >= 15 is 0 Å². The Morgan fingerprint density at radius 2 is 2.00 bits per heavy atom. The average Bonchev–Trinajstić information content (AvgIpc) is 3.58. The number of hydrogen-bond donors (Lipinski definition) is 0. The van der Waals surface area contributed by atoms with Gasteiger partial charge in [0, 0.05) is 6.42 Å². The fourth-order valence-electron chi connectivity index (χ4n) is 3.60. The molecule has 3 heterocycles. The number of hydrazone groups is 1. The number of carbonyl (C=O) groups is 3. The number of ether oxygens (including phenoxy) is 3. The van der Waals surface area contributed by atoms with E-state index in [4.69, 9.17) is 14.2 Å². The Balaban J connectivity index is 1.50. The Labute approximate surface area is 199 Å². The number of rotatable bonds is 8. The van der Waals surface area contributed by atoms with Crippen LogP contribution in [0.25, 0.3) is 0 Å². The Hall–Kier alpha value is -3.05. The van der Waals surface area contributed by atoms with Gasteiger partial charge in [-0.3, -0.25) is 14.4 Å². The van der Waals surface area contributed by atoms with Crippen LogP contribution >= 0.6 is 23.1 Å². The van der Waals surface area contributed by atoms with Gasteiger partial charge < -0.3 is 19.1 Å². The monoisotopic (exact) mass is 489 g/mol. The largest absolute Gasteiger partial charge is 0.493 e. The zero-order valence-electron chi connectivity index (χ0n) is 18.2. The van der Waals surface area contributed by atoms with Crippen LogP contribution in [0.5, 0.6) is 11.5 Å². The summed E-state index contributed by atoms with van der Waals surface area (Å²) < 4.78 is 15.9. The van der Waals surface area contributed by atoms with Crippen molar-refractivity contribution in [3.63, 3.8) is 0 Å². The van der Waals surface area contributed by atoms with E-state index in [1.807, 2.05) is 29.6 Å². The average molecular weight is 490 g/mol. The van der Waals surface area contributed by atoms with Gasteiger partial charge in [0.05, 0.1) is 42.5 Å². The van der Waals surface area contributed by atoms with Crippen LogP contribution in [0.1, 0.15) is 22.9 Å². The van der Waals surface area contributed by atoms with Crippen molar-refractivity contribution >= 4 is 46.6 Å². The highest BCUT2D eigenvalue weighted by Crippen LogP contribution is 2.37. The van der Waals surface area contributed by atoms with Gasteiger partial charge in [-0.15, -0.1) is 23.1 Å². The molecule has 0 aliphatic carbocycles. The molecule has 9 nitrogen and oxygen atoms in total. The van der Waals surface area contributed by atoms with E-state index in [1.165, 1.54) is 21.7 Å². The number of nitrogens with zero attached hydrogens (tertiary/aromatic N) is 3. The molecule has 174 valence electrons. The van der Waals surface area contributed by atoms with E-state index in [0.29, 0.717) is 29.5 Å². The molecule has 33 heavy (non-hydrogen) atoms. The highest BCUT2D eigenvalue weighted by atomic mass is 32.2. The van der Waals surface area contributed by atoms with Crippen LogP contribution in [0.3, 0.4) is 0 Å². The van der Waals surface area contributed by atoms with E-state index in [-0.39, 0.29) is 18.5 Å². The van der Waals surface area contributed by atoms with Crippen molar-refractivity contribution in [1.82, 2.24) is 9.91 Å². The molecule has 2 aliphatic rings. The Kier molecular flexibility index (Phi) is 7.19. The van der Waals surface area contributed by atoms with Gasteiger partial charge >= 0.3 is 5.97 Å². The van der Waals surface area contributed by atoms with Crippen molar-refractivity contribution in [1.29, 1.82) is 0 Å². The highest BCUT2D eigenvalue weighted by molar-refractivity contribution is 8.00. The maximum absolute atomic E-state index is 13.0. The standard InChI is InChI=1S/C22H23N3O6S2/c1-29-17-6-5-14(8-18(17)30-2)16-9-15(19-4-3-7-33-19)23-25(16)20(26)11-31-22(28)10-24-13-32-12-21(24)27/h3-8,16H,9-13H2,1-2H3/t16-/m0/s1. The summed E-state index contributed by atoms with van der Waals surface area (Å²) in [5, 5.41) is 7.87. The number of amides is 2. The number of thiophene rings is 1. The lowest BCUT2D eigenvalue weighted by Gasteiger charge is -2.23. The summed E-state index contributed by atoms with van der Waals surface area (Å²) in [6.45, 7) is -0.624. The smallest absolute Gasteiger partial charge is 0.326 e. The molecule has 1 aromatic carbocycles. The third-order valence-electron chi connectivity index (χ3n) is 5.27. The molecule has 0 saturated carbocycles. The van der Waals surface area contributed by atoms with E-state index in [1.54, 1.807) is 31.6 Å². The van der Waals surface area contributed by atoms with Crippen LogP contribution in [-0.2, 0) is 19.1 Å². The van der Waals surface area contributed by atoms with Crippen molar-refractivity contribution in [2.24, 2.45) is 5.10 Å². The molecule has 0 N–H and O–H groups in total. The number of methoxy groups -OCH3 is 2. The van der Waals surface area contributed by atoms with E-state index in [9.17, 15) is 14.4 Å². The van der Waals surface area contributed by atoms with Crippen molar-refractivity contribution in [3.8, 4) is 11.5 Å². The molecule has 4 rings (SSSR count). The minimum absolute atomic E-state index is 0.110. The van der Waals surface area contributed by atoms with E-state index in [2.05, 4.69) is 5.10 Å². The molecular formula is C22H23N3O6S2. The molecule has 0 bridgehead atoms. The zero-order valence-corrected chi connectivity index (χ0v) is 19.8. The Morgan fingerprint density at radius 3 is 2.67 bits per heavy atom. The molecule has 1 aromatic heterocycles. The minimum Gasteiger partial charge on any atom is -0.493 e. The second-order valence-corrected chi connectivity index (χ2v) is 9.23. The fourth-order valence-corrected chi connectivity index (χ4v) is 5.23. The van der Waals surface area contributed by atoms with Crippen LogP contribution < -0.4 is 9.47 Å². The predicted molar refractivity (Wildman–Crippen MR) is 125 cm³/mol. The summed E-state index contributed by atoms with van der Waals surface area (Å²) in [6, 6.07) is 8.96. The van der Waals surface area contributed by atoms with Gasteiger partial charge in [-0.05, 0) is 29.1 Å². The molecular weight excluding hydrogens is 466 g/mol. The number of thioether (sulfide) groups is 1. The quantitative estimate of drug-likeness (QED) is 0.526. The minimum atomic E-state index is -0.622. The second kappa shape index (κ2) is 10.3. The van der Waals surface area contributed by atoms with Crippen molar-refractivity contribution in [2.45, 2.75) is 12.5 Å². The first-order valence-corrected chi connectivity index (χ1v) is 12.2. The van der Waals surface area contributed by atoms with E-state index in [0.717, 1.165) is 16.2 Å². The summed E-state index contributed by atoms with van der Waals surface area (Å²) in [6.07, 6.45) is 0.509. The molecule has 1 atom stereocenters. The molecule has 2 aromatic rings. The molecule has 2 amide bonds. The first-order valence-electron chi connectivity index (χ1n) is 10.2. The van der Waals surface area contributed by atoms with Gasteiger partial charge in [0.1, 0.15) is 6.54 Å². The lowest BCUT2D eigenvalue weighted by Crippen LogP contribution is -2.35. The number of esters is 1. The molecule has 0 spiro atoms. The van der Waals surface area contributed by atoms with Gasteiger partial charge in [0.15, 0.2) is 18.1 Å². The molecule has 0 unspecified atom stereocenters. The zero-order chi connectivity index (χ0) is 23.4. The molecule has 11 heteroatoms. The SMILES string of the molecule is COc1ccc([C@@H]2CC(c3cccs3)=NN2C(=O)COC(=O)CN2CSCC2=O)cc1OC. The van der Waals surface area contributed by atoms with Gasteiger partial charge in [0.2, 0.25) is 5.91 Å². The second-order valence-electron chi connectivity index (χ2n) is 7.33. The van der Waals surface area contributed by atoms with Crippen LogP contribution in [0.15, 0.2) is 40.8 Å². The molecule has 1 saturated heterocycles. The molecule has 2 aliphatic heterocycles. The van der Waals surface area contributed by atoms with Gasteiger partial charge in [0.25, 0.3) is 5.91 Å². The normalized spacial score (nSPS) is 17.8. The lowest BCUT2D eigenvalue weighted by atomic mass is 10.0. The van der Waals surface area contributed by atoms with Crippen molar-refractivity contribution in [3.05, 3.63) is 46.2 Å².